The summed E-state index contributed by atoms with van der Waals surface area (Å²) in [6.07, 6.45) is 4.69. The summed E-state index contributed by atoms with van der Waals surface area (Å²) >= 11 is 0. The van der Waals surface area contributed by atoms with Gasteiger partial charge in [0.1, 0.15) is 0 Å². The fourth-order valence-corrected chi connectivity index (χ4v) is 1.88. The Morgan fingerprint density at radius 3 is 2.73 bits per heavy atom. The van der Waals surface area contributed by atoms with Gasteiger partial charge in [-0.05, 0) is 18.8 Å². The average Bonchev–Trinajstić information content (AvgIpc) is 2.03. The summed E-state index contributed by atoms with van der Waals surface area (Å²) in [5.74, 6) is 1.27. The minimum atomic E-state index is 0.233. The monoisotopic (exact) mass is 155 g/mol. The van der Waals surface area contributed by atoms with Gasteiger partial charge in [0, 0.05) is 13.0 Å². The Bertz CT molecular complexity index is 144. The molecule has 0 radical (unpaired) electrons. The lowest BCUT2D eigenvalue weighted by Crippen LogP contribution is -2.30. The lowest BCUT2D eigenvalue weighted by atomic mass is 9.82. The van der Waals surface area contributed by atoms with E-state index in [1.165, 1.54) is 12.8 Å². The average molecular weight is 155 g/mol. The second-order valence-corrected chi connectivity index (χ2v) is 3.58. The van der Waals surface area contributed by atoms with Crippen molar-refractivity contribution in [3.8, 4) is 0 Å². The summed E-state index contributed by atoms with van der Waals surface area (Å²) in [7, 11) is 1.72. The van der Waals surface area contributed by atoms with E-state index in [0.29, 0.717) is 5.92 Å². The molecule has 11 heavy (non-hydrogen) atoms. The Labute approximate surface area is 68.4 Å². The van der Waals surface area contributed by atoms with Crippen LogP contribution in [0, 0.1) is 11.8 Å². The number of carbonyl (C=O) groups excluding carboxylic acids is 1. The molecule has 2 unspecified atom stereocenters. The molecule has 0 aromatic carbocycles. The minimum Gasteiger partial charge on any atom is -0.359 e. The normalized spacial score (nSPS) is 31.5. The molecular weight excluding hydrogens is 138 g/mol. The van der Waals surface area contributed by atoms with Crippen molar-refractivity contribution in [1.29, 1.82) is 0 Å². The van der Waals surface area contributed by atoms with Crippen LogP contribution in [-0.4, -0.2) is 13.0 Å². The SMILES string of the molecule is CNC(=O)C1CCCC(C)C1. The molecule has 2 heteroatoms. The Hall–Kier alpha value is -0.530. The Morgan fingerprint density at radius 2 is 2.18 bits per heavy atom. The van der Waals surface area contributed by atoms with Crippen LogP contribution in [-0.2, 0) is 4.79 Å². The number of amides is 1. The molecule has 0 saturated heterocycles. The number of hydrogen-bond donors (Lipinski definition) is 1. The smallest absolute Gasteiger partial charge is 0.222 e. The molecule has 0 aromatic rings. The summed E-state index contributed by atoms with van der Waals surface area (Å²) in [4.78, 5) is 11.2. The number of carbonyl (C=O) groups is 1. The van der Waals surface area contributed by atoms with E-state index in [1.54, 1.807) is 7.05 Å². The maximum atomic E-state index is 11.2. The highest BCUT2D eigenvalue weighted by Crippen LogP contribution is 2.28. The van der Waals surface area contributed by atoms with E-state index >= 15 is 0 Å². The van der Waals surface area contributed by atoms with Crippen LogP contribution in [0.4, 0.5) is 0 Å². The van der Waals surface area contributed by atoms with Crippen molar-refractivity contribution in [3.63, 3.8) is 0 Å². The molecule has 0 heterocycles. The highest BCUT2D eigenvalue weighted by Gasteiger charge is 2.23. The van der Waals surface area contributed by atoms with Gasteiger partial charge < -0.3 is 5.32 Å². The molecular formula is C9H17NO. The molecule has 0 spiro atoms. The largest absolute Gasteiger partial charge is 0.359 e. The van der Waals surface area contributed by atoms with Gasteiger partial charge in [-0.2, -0.15) is 0 Å². The number of hydrogen-bond acceptors (Lipinski definition) is 1. The Morgan fingerprint density at radius 1 is 1.45 bits per heavy atom. The van der Waals surface area contributed by atoms with Crippen LogP contribution in [0.3, 0.4) is 0 Å². The standard InChI is InChI=1S/C9H17NO/c1-7-4-3-5-8(6-7)9(11)10-2/h7-8H,3-6H2,1-2H3,(H,10,11). The van der Waals surface area contributed by atoms with Gasteiger partial charge in [0.2, 0.25) is 5.91 Å². The second-order valence-electron chi connectivity index (χ2n) is 3.58. The molecule has 64 valence electrons. The predicted molar refractivity (Wildman–Crippen MR) is 45.2 cm³/mol. The zero-order valence-corrected chi connectivity index (χ0v) is 7.39. The lowest BCUT2D eigenvalue weighted by molar-refractivity contribution is -0.125. The maximum Gasteiger partial charge on any atom is 0.222 e. The minimum absolute atomic E-state index is 0.233. The fourth-order valence-electron chi connectivity index (χ4n) is 1.88. The molecule has 1 aliphatic rings. The first-order valence-electron chi connectivity index (χ1n) is 4.45. The van der Waals surface area contributed by atoms with Gasteiger partial charge in [-0.3, -0.25) is 4.79 Å². The van der Waals surface area contributed by atoms with Gasteiger partial charge in [-0.1, -0.05) is 19.8 Å². The summed E-state index contributed by atoms with van der Waals surface area (Å²) < 4.78 is 0. The van der Waals surface area contributed by atoms with Crippen molar-refractivity contribution in [3.05, 3.63) is 0 Å². The van der Waals surface area contributed by atoms with E-state index < -0.39 is 0 Å². The third-order valence-electron chi connectivity index (χ3n) is 2.55. The number of nitrogens with one attached hydrogen (secondary N) is 1. The third kappa shape index (κ3) is 2.21. The van der Waals surface area contributed by atoms with Crippen LogP contribution >= 0.6 is 0 Å². The van der Waals surface area contributed by atoms with Gasteiger partial charge in [0.05, 0.1) is 0 Å². The van der Waals surface area contributed by atoms with Gasteiger partial charge in [-0.15, -0.1) is 0 Å². The molecule has 1 saturated carbocycles. The zero-order valence-electron chi connectivity index (χ0n) is 7.39. The molecule has 0 bridgehead atoms. The first kappa shape index (κ1) is 8.57. The van der Waals surface area contributed by atoms with E-state index in [2.05, 4.69) is 12.2 Å². The summed E-state index contributed by atoms with van der Waals surface area (Å²) in [6.45, 7) is 2.23. The van der Waals surface area contributed by atoms with Crippen molar-refractivity contribution in [2.75, 3.05) is 7.05 Å². The van der Waals surface area contributed by atoms with Crippen LogP contribution in [0.5, 0.6) is 0 Å². The molecule has 1 amide bonds. The van der Waals surface area contributed by atoms with Gasteiger partial charge >= 0.3 is 0 Å². The molecule has 1 fully saturated rings. The van der Waals surface area contributed by atoms with Crippen molar-refractivity contribution in [2.45, 2.75) is 32.6 Å². The molecule has 1 N–H and O–H groups in total. The molecule has 0 aromatic heterocycles. The first-order chi connectivity index (χ1) is 5.24. The van der Waals surface area contributed by atoms with Crippen molar-refractivity contribution < 1.29 is 4.79 Å². The van der Waals surface area contributed by atoms with Gasteiger partial charge in [0.25, 0.3) is 0 Å². The van der Waals surface area contributed by atoms with Crippen LogP contribution in [0.15, 0.2) is 0 Å². The van der Waals surface area contributed by atoms with Crippen LogP contribution in [0.1, 0.15) is 32.6 Å². The van der Waals surface area contributed by atoms with E-state index in [-0.39, 0.29) is 5.91 Å². The van der Waals surface area contributed by atoms with E-state index in [4.69, 9.17) is 0 Å². The first-order valence-corrected chi connectivity index (χ1v) is 4.45. The molecule has 1 aliphatic carbocycles. The Balaban J connectivity index is 2.39. The van der Waals surface area contributed by atoms with Crippen molar-refractivity contribution >= 4 is 5.91 Å². The highest BCUT2D eigenvalue weighted by atomic mass is 16.1. The van der Waals surface area contributed by atoms with Crippen LogP contribution < -0.4 is 5.32 Å². The maximum absolute atomic E-state index is 11.2. The second kappa shape index (κ2) is 3.74. The lowest BCUT2D eigenvalue weighted by Gasteiger charge is -2.24. The van der Waals surface area contributed by atoms with Gasteiger partial charge in [-0.25, -0.2) is 0 Å². The predicted octanol–water partition coefficient (Wildman–Crippen LogP) is 1.56. The summed E-state index contributed by atoms with van der Waals surface area (Å²) in [6, 6.07) is 0. The Kier molecular flexibility index (Phi) is 2.92. The van der Waals surface area contributed by atoms with Crippen LogP contribution in [0.25, 0.3) is 0 Å². The molecule has 0 aliphatic heterocycles. The summed E-state index contributed by atoms with van der Waals surface area (Å²) in [5, 5.41) is 2.72. The van der Waals surface area contributed by atoms with Gasteiger partial charge in [0.15, 0.2) is 0 Å². The van der Waals surface area contributed by atoms with E-state index in [0.717, 1.165) is 18.8 Å². The summed E-state index contributed by atoms with van der Waals surface area (Å²) in [5.41, 5.74) is 0. The third-order valence-corrected chi connectivity index (χ3v) is 2.55. The zero-order chi connectivity index (χ0) is 8.27. The van der Waals surface area contributed by atoms with Crippen LogP contribution in [0.2, 0.25) is 0 Å². The topological polar surface area (TPSA) is 29.1 Å². The number of rotatable bonds is 1. The van der Waals surface area contributed by atoms with Crippen molar-refractivity contribution in [2.24, 2.45) is 11.8 Å². The molecule has 1 rings (SSSR count). The fraction of sp³-hybridized carbons (Fsp3) is 0.889. The van der Waals surface area contributed by atoms with Crippen molar-refractivity contribution in [1.82, 2.24) is 5.32 Å². The van der Waals surface area contributed by atoms with E-state index in [1.807, 2.05) is 0 Å². The molecule has 2 nitrogen and oxygen atoms in total. The van der Waals surface area contributed by atoms with E-state index in [9.17, 15) is 4.79 Å². The molecule has 2 atom stereocenters. The quantitative estimate of drug-likeness (QED) is 0.611. The highest BCUT2D eigenvalue weighted by molar-refractivity contribution is 5.78.